The number of aryl methyl sites for hydroxylation is 1. The van der Waals surface area contributed by atoms with Crippen LogP contribution in [0.15, 0.2) is 18.2 Å². The lowest BCUT2D eigenvalue weighted by molar-refractivity contribution is 0.0264. The zero-order valence-electron chi connectivity index (χ0n) is 10.2. The molecule has 0 aliphatic carbocycles. The van der Waals surface area contributed by atoms with Crippen LogP contribution in [0, 0.1) is 12.7 Å². The number of carbonyl (C=O) groups excluding carboxylic acids is 1. The van der Waals surface area contributed by atoms with Crippen molar-refractivity contribution in [1.82, 2.24) is 5.32 Å². The van der Waals surface area contributed by atoms with Gasteiger partial charge in [-0.1, -0.05) is 0 Å². The molecule has 1 aromatic rings. The summed E-state index contributed by atoms with van der Waals surface area (Å²) in [6, 6.07) is 4.17. The number of benzene rings is 1. The first-order valence-corrected chi connectivity index (χ1v) is 5.85. The van der Waals surface area contributed by atoms with E-state index in [1.54, 1.807) is 6.92 Å². The average molecular weight is 253 g/mol. The highest BCUT2D eigenvalue weighted by Gasteiger charge is 2.32. The molecule has 1 saturated heterocycles. The van der Waals surface area contributed by atoms with E-state index in [-0.39, 0.29) is 24.9 Å². The molecule has 98 valence electrons. The normalized spacial score (nSPS) is 23.1. The molecule has 0 radical (unpaired) electrons. The van der Waals surface area contributed by atoms with Gasteiger partial charge in [-0.15, -0.1) is 0 Å². The van der Waals surface area contributed by atoms with Crippen molar-refractivity contribution in [2.75, 3.05) is 19.8 Å². The molecule has 0 saturated carbocycles. The maximum Gasteiger partial charge on any atom is 0.251 e. The monoisotopic (exact) mass is 253 g/mol. The summed E-state index contributed by atoms with van der Waals surface area (Å²) >= 11 is 0. The van der Waals surface area contributed by atoms with Crippen LogP contribution >= 0.6 is 0 Å². The summed E-state index contributed by atoms with van der Waals surface area (Å²) in [4.78, 5) is 11.8. The first-order valence-electron chi connectivity index (χ1n) is 5.85. The molecule has 2 N–H and O–H groups in total. The van der Waals surface area contributed by atoms with Gasteiger partial charge in [0.25, 0.3) is 5.91 Å². The van der Waals surface area contributed by atoms with E-state index in [0.29, 0.717) is 24.2 Å². The highest BCUT2D eigenvalue weighted by atomic mass is 19.1. The minimum absolute atomic E-state index is 0.141. The lowest BCUT2D eigenvalue weighted by atomic mass is 10.0. The molecule has 0 spiro atoms. The van der Waals surface area contributed by atoms with Crippen LogP contribution in [0.25, 0.3) is 0 Å². The van der Waals surface area contributed by atoms with Gasteiger partial charge < -0.3 is 15.2 Å². The lowest BCUT2D eigenvalue weighted by Gasteiger charge is -2.20. The second-order valence-electron chi connectivity index (χ2n) is 4.67. The van der Waals surface area contributed by atoms with Crippen LogP contribution in [-0.2, 0) is 4.74 Å². The van der Waals surface area contributed by atoms with Gasteiger partial charge >= 0.3 is 0 Å². The molecule has 4 nitrogen and oxygen atoms in total. The summed E-state index contributed by atoms with van der Waals surface area (Å²) in [6.45, 7) is 2.48. The Morgan fingerprint density at radius 2 is 2.39 bits per heavy atom. The number of nitrogens with one attached hydrogen (secondary N) is 1. The highest BCUT2D eigenvalue weighted by Crippen LogP contribution is 2.17. The lowest BCUT2D eigenvalue weighted by Crippen LogP contribution is -2.43. The molecule has 1 aromatic carbocycles. The number of rotatable bonds is 3. The van der Waals surface area contributed by atoms with Crippen LogP contribution in [0.4, 0.5) is 4.39 Å². The van der Waals surface area contributed by atoms with E-state index < -0.39 is 5.60 Å². The zero-order valence-corrected chi connectivity index (χ0v) is 10.2. The standard InChI is InChI=1S/C13H16FNO3/c1-9-6-10(2-3-11(9)14)12(16)15-7-13(17)4-5-18-8-13/h2-3,6,17H,4-5,7-8H2,1H3,(H,15,16). The Hall–Kier alpha value is -1.46. The first-order chi connectivity index (χ1) is 8.50. The van der Waals surface area contributed by atoms with Gasteiger partial charge in [-0.25, -0.2) is 4.39 Å². The minimum atomic E-state index is -0.981. The van der Waals surface area contributed by atoms with Crippen LogP contribution in [0.2, 0.25) is 0 Å². The number of hydrogen-bond acceptors (Lipinski definition) is 3. The van der Waals surface area contributed by atoms with Crippen LogP contribution in [0.1, 0.15) is 22.3 Å². The third-order valence-corrected chi connectivity index (χ3v) is 3.08. The van der Waals surface area contributed by atoms with Crippen LogP contribution in [-0.4, -0.2) is 36.4 Å². The van der Waals surface area contributed by atoms with E-state index in [4.69, 9.17) is 4.74 Å². The van der Waals surface area contributed by atoms with Crippen molar-refractivity contribution >= 4 is 5.91 Å². The Bertz CT molecular complexity index is 456. The van der Waals surface area contributed by atoms with Crippen LogP contribution < -0.4 is 5.32 Å². The summed E-state index contributed by atoms with van der Waals surface area (Å²) in [5.41, 5.74) is -0.174. The third kappa shape index (κ3) is 2.86. The smallest absolute Gasteiger partial charge is 0.251 e. The second kappa shape index (κ2) is 5.04. The Balaban J connectivity index is 1.97. The molecular formula is C13H16FNO3. The maximum atomic E-state index is 13.1. The number of halogens is 1. The van der Waals surface area contributed by atoms with Crippen LogP contribution in [0.5, 0.6) is 0 Å². The largest absolute Gasteiger partial charge is 0.386 e. The van der Waals surface area contributed by atoms with E-state index in [9.17, 15) is 14.3 Å². The number of hydrogen-bond donors (Lipinski definition) is 2. The van der Waals surface area contributed by atoms with Gasteiger partial charge in [-0.3, -0.25) is 4.79 Å². The van der Waals surface area contributed by atoms with E-state index in [0.717, 1.165) is 0 Å². The van der Waals surface area contributed by atoms with Crippen molar-refractivity contribution in [3.8, 4) is 0 Å². The van der Waals surface area contributed by atoms with Crippen molar-refractivity contribution in [1.29, 1.82) is 0 Å². The average Bonchev–Trinajstić information content (AvgIpc) is 2.77. The molecule has 1 unspecified atom stereocenters. The van der Waals surface area contributed by atoms with Gasteiger partial charge in [0.05, 0.1) is 6.61 Å². The third-order valence-electron chi connectivity index (χ3n) is 3.08. The molecule has 1 fully saturated rings. The van der Waals surface area contributed by atoms with Crippen molar-refractivity contribution in [3.05, 3.63) is 35.1 Å². The first kappa shape index (κ1) is 13.0. The molecule has 18 heavy (non-hydrogen) atoms. The van der Waals surface area contributed by atoms with Gasteiger partial charge in [-0.05, 0) is 30.7 Å². The second-order valence-corrected chi connectivity index (χ2v) is 4.67. The van der Waals surface area contributed by atoms with Gasteiger partial charge in [0.15, 0.2) is 0 Å². The van der Waals surface area contributed by atoms with E-state index in [1.165, 1.54) is 18.2 Å². The number of carbonyl (C=O) groups is 1. The summed E-state index contributed by atoms with van der Waals surface area (Å²) in [7, 11) is 0. The molecule has 1 aliphatic rings. The highest BCUT2D eigenvalue weighted by molar-refractivity contribution is 5.94. The quantitative estimate of drug-likeness (QED) is 0.845. The summed E-state index contributed by atoms with van der Waals surface area (Å²) in [5.74, 6) is -0.659. The summed E-state index contributed by atoms with van der Waals surface area (Å²) in [6.07, 6.45) is 0.510. The number of amides is 1. The molecule has 1 amide bonds. The van der Waals surface area contributed by atoms with Crippen LogP contribution in [0.3, 0.4) is 0 Å². The molecule has 0 aromatic heterocycles. The predicted molar refractivity (Wildman–Crippen MR) is 63.9 cm³/mol. The van der Waals surface area contributed by atoms with Gasteiger partial charge in [0, 0.05) is 25.1 Å². The summed E-state index contributed by atoms with van der Waals surface area (Å²) in [5, 5.41) is 12.6. The fraction of sp³-hybridized carbons (Fsp3) is 0.462. The maximum absolute atomic E-state index is 13.1. The fourth-order valence-electron chi connectivity index (χ4n) is 1.87. The van der Waals surface area contributed by atoms with Crippen molar-refractivity contribution in [2.24, 2.45) is 0 Å². The molecule has 1 aliphatic heterocycles. The van der Waals surface area contributed by atoms with Gasteiger partial charge in [-0.2, -0.15) is 0 Å². The SMILES string of the molecule is Cc1cc(C(=O)NCC2(O)CCOC2)ccc1F. The molecule has 1 heterocycles. The van der Waals surface area contributed by atoms with Crippen molar-refractivity contribution in [3.63, 3.8) is 0 Å². The molecule has 1 atom stereocenters. The van der Waals surface area contributed by atoms with Crippen molar-refractivity contribution in [2.45, 2.75) is 18.9 Å². The van der Waals surface area contributed by atoms with E-state index in [1.807, 2.05) is 0 Å². The predicted octanol–water partition coefficient (Wildman–Crippen LogP) is 1.02. The number of ether oxygens (including phenoxy) is 1. The summed E-state index contributed by atoms with van der Waals surface area (Å²) < 4.78 is 18.1. The Morgan fingerprint density at radius 3 is 3.00 bits per heavy atom. The topological polar surface area (TPSA) is 58.6 Å². The van der Waals surface area contributed by atoms with Crippen molar-refractivity contribution < 1.29 is 19.0 Å². The Kier molecular flexibility index (Phi) is 3.63. The minimum Gasteiger partial charge on any atom is -0.386 e. The molecule has 2 rings (SSSR count). The van der Waals surface area contributed by atoms with E-state index in [2.05, 4.69) is 5.32 Å². The molecule has 0 bridgehead atoms. The molecule has 5 heteroatoms. The Morgan fingerprint density at radius 1 is 1.61 bits per heavy atom. The zero-order chi connectivity index (χ0) is 13.2. The van der Waals surface area contributed by atoms with Gasteiger partial charge in [0.1, 0.15) is 11.4 Å². The van der Waals surface area contributed by atoms with Gasteiger partial charge in [0.2, 0.25) is 0 Å². The van der Waals surface area contributed by atoms with E-state index >= 15 is 0 Å². The molecular weight excluding hydrogens is 237 g/mol. The fourth-order valence-corrected chi connectivity index (χ4v) is 1.87. The Labute approximate surface area is 105 Å². The number of aliphatic hydroxyl groups is 1.